The number of hydrogen-bond acceptors (Lipinski definition) is 2. The van der Waals surface area contributed by atoms with E-state index in [0.29, 0.717) is 0 Å². The van der Waals surface area contributed by atoms with Crippen LogP contribution in [0.5, 0.6) is 0 Å². The van der Waals surface area contributed by atoms with Gasteiger partial charge in [0.15, 0.2) is 5.78 Å². The zero-order valence-corrected chi connectivity index (χ0v) is 11.0. The van der Waals surface area contributed by atoms with Gasteiger partial charge < -0.3 is 5.11 Å². The summed E-state index contributed by atoms with van der Waals surface area (Å²) in [4.78, 5) is 12.0. The highest BCUT2D eigenvalue weighted by atomic mass is 16.3. The first-order valence-corrected chi connectivity index (χ1v) is 6.44. The van der Waals surface area contributed by atoms with Gasteiger partial charge in [0.25, 0.3) is 0 Å². The summed E-state index contributed by atoms with van der Waals surface area (Å²) >= 11 is 0. The molecule has 4 atom stereocenters. The number of ketones is 1. The topological polar surface area (TPSA) is 37.3 Å². The van der Waals surface area contributed by atoms with Gasteiger partial charge in [0.05, 0.1) is 6.10 Å². The summed E-state index contributed by atoms with van der Waals surface area (Å²) in [5.41, 5.74) is 2.14. The van der Waals surface area contributed by atoms with Gasteiger partial charge in [-0.15, -0.1) is 0 Å². The number of hydrogen-bond donors (Lipinski definition) is 1. The number of aliphatic hydroxyl groups is 1. The maximum Gasteiger partial charge on any atom is 0.162 e. The Bertz CT molecular complexity index is 394. The Kier molecular flexibility index (Phi) is 3.03. The number of aliphatic hydroxyl groups excluding tert-OH is 1. The van der Waals surface area contributed by atoms with Gasteiger partial charge in [0.2, 0.25) is 0 Å². The molecule has 0 aromatic rings. The van der Waals surface area contributed by atoms with E-state index in [0.717, 1.165) is 24.8 Å². The summed E-state index contributed by atoms with van der Waals surface area (Å²) in [6.07, 6.45) is 4.04. The van der Waals surface area contributed by atoms with Gasteiger partial charge in [0, 0.05) is 5.92 Å². The van der Waals surface area contributed by atoms with Gasteiger partial charge >= 0.3 is 0 Å². The predicted octanol–water partition coefficient (Wildman–Crippen LogP) is 2.88. The number of carbonyl (C=O) groups excluding carboxylic acids is 1. The SMILES string of the molecule is C=C(C)C1C[C@@]2(C)C(=CC1=O)CC[C@@H](O)[C@@H]2C. The molecule has 2 aliphatic carbocycles. The number of rotatable bonds is 1. The smallest absolute Gasteiger partial charge is 0.162 e. The summed E-state index contributed by atoms with van der Waals surface area (Å²) in [5, 5.41) is 10.0. The summed E-state index contributed by atoms with van der Waals surface area (Å²) < 4.78 is 0. The van der Waals surface area contributed by atoms with Crippen LogP contribution in [0.2, 0.25) is 0 Å². The van der Waals surface area contributed by atoms with E-state index in [1.165, 1.54) is 5.57 Å². The molecule has 0 saturated heterocycles. The van der Waals surface area contributed by atoms with E-state index < -0.39 is 0 Å². The highest BCUT2D eigenvalue weighted by molar-refractivity contribution is 5.95. The van der Waals surface area contributed by atoms with Crippen LogP contribution in [0.3, 0.4) is 0 Å². The van der Waals surface area contributed by atoms with Gasteiger partial charge in [-0.25, -0.2) is 0 Å². The van der Waals surface area contributed by atoms with Gasteiger partial charge in [-0.2, -0.15) is 0 Å². The molecule has 1 unspecified atom stereocenters. The van der Waals surface area contributed by atoms with Crippen LogP contribution in [-0.2, 0) is 4.79 Å². The van der Waals surface area contributed by atoms with Crippen LogP contribution in [0.4, 0.5) is 0 Å². The molecule has 0 aromatic carbocycles. The summed E-state index contributed by atoms with van der Waals surface area (Å²) in [6, 6.07) is 0. The van der Waals surface area contributed by atoms with Crippen LogP contribution >= 0.6 is 0 Å². The van der Waals surface area contributed by atoms with Crippen molar-refractivity contribution in [2.45, 2.75) is 46.1 Å². The minimum Gasteiger partial charge on any atom is -0.393 e. The molecule has 0 spiro atoms. The summed E-state index contributed by atoms with van der Waals surface area (Å²) in [5.74, 6) is 0.363. The lowest BCUT2D eigenvalue weighted by molar-refractivity contribution is -0.120. The Morgan fingerprint density at radius 3 is 2.82 bits per heavy atom. The number of fused-ring (bicyclic) bond motifs is 1. The van der Waals surface area contributed by atoms with Crippen molar-refractivity contribution in [2.75, 3.05) is 0 Å². The fraction of sp³-hybridized carbons (Fsp3) is 0.667. The first kappa shape index (κ1) is 12.6. The van der Waals surface area contributed by atoms with Crippen molar-refractivity contribution in [1.29, 1.82) is 0 Å². The fourth-order valence-corrected chi connectivity index (χ4v) is 3.32. The van der Waals surface area contributed by atoms with Crippen LogP contribution in [0.25, 0.3) is 0 Å². The first-order valence-electron chi connectivity index (χ1n) is 6.44. The second kappa shape index (κ2) is 4.09. The monoisotopic (exact) mass is 234 g/mol. The Morgan fingerprint density at radius 2 is 2.24 bits per heavy atom. The molecule has 0 bridgehead atoms. The lowest BCUT2D eigenvalue weighted by atomic mass is 9.57. The summed E-state index contributed by atoms with van der Waals surface area (Å²) in [6.45, 7) is 10.1. The minimum atomic E-state index is -0.240. The maximum absolute atomic E-state index is 12.0. The highest BCUT2D eigenvalue weighted by Crippen LogP contribution is 2.52. The van der Waals surface area contributed by atoms with E-state index in [9.17, 15) is 9.90 Å². The minimum absolute atomic E-state index is 0.0325. The number of carbonyl (C=O) groups is 1. The van der Waals surface area contributed by atoms with Crippen molar-refractivity contribution in [2.24, 2.45) is 17.3 Å². The Labute approximate surface area is 103 Å². The molecule has 1 fully saturated rings. The van der Waals surface area contributed by atoms with Crippen molar-refractivity contribution < 1.29 is 9.90 Å². The third kappa shape index (κ3) is 1.89. The molecular weight excluding hydrogens is 212 g/mol. The van der Waals surface area contributed by atoms with Gasteiger partial charge in [-0.05, 0) is 43.6 Å². The molecule has 0 radical (unpaired) electrons. The zero-order valence-electron chi connectivity index (χ0n) is 11.0. The van der Waals surface area contributed by atoms with Crippen molar-refractivity contribution >= 4 is 5.78 Å². The lowest BCUT2D eigenvalue weighted by Crippen LogP contribution is -2.45. The average molecular weight is 234 g/mol. The molecule has 2 aliphatic rings. The van der Waals surface area contributed by atoms with Gasteiger partial charge in [-0.1, -0.05) is 31.6 Å². The van der Waals surface area contributed by atoms with Crippen molar-refractivity contribution in [1.82, 2.24) is 0 Å². The van der Waals surface area contributed by atoms with Crippen molar-refractivity contribution in [3.63, 3.8) is 0 Å². The average Bonchev–Trinajstić information content (AvgIpc) is 2.26. The van der Waals surface area contributed by atoms with E-state index in [4.69, 9.17) is 0 Å². The Morgan fingerprint density at radius 1 is 1.59 bits per heavy atom. The Balaban J connectivity index is 2.39. The van der Waals surface area contributed by atoms with Crippen LogP contribution in [0, 0.1) is 17.3 Å². The number of allylic oxidation sites excluding steroid dienone is 3. The van der Waals surface area contributed by atoms with Gasteiger partial charge in [-0.3, -0.25) is 4.79 Å². The van der Waals surface area contributed by atoms with Crippen LogP contribution < -0.4 is 0 Å². The molecule has 17 heavy (non-hydrogen) atoms. The second-order valence-corrected chi connectivity index (χ2v) is 5.99. The maximum atomic E-state index is 12.0. The lowest BCUT2D eigenvalue weighted by Gasteiger charge is -2.48. The molecule has 94 valence electrons. The molecule has 1 saturated carbocycles. The van der Waals surface area contributed by atoms with Crippen molar-refractivity contribution in [3.8, 4) is 0 Å². The van der Waals surface area contributed by atoms with E-state index in [-0.39, 0.29) is 29.1 Å². The van der Waals surface area contributed by atoms with Crippen LogP contribution in [0.15, 0.2) is 23.8 Å². The molecule has 1 N–H and O–H groups in total. The molecular formula is C15H22O2. The predicted molar refractivity (Wildman–Crippen MR) is 68.5 cm³/mol. The molecule has 0 amide bonds. The Hall–Kier alpha value is -0.890. The second-order valence-electron chi connectivity index (χ2n) is 5.99. The van der Waals surface area contributed by atoms with E-state index in [1.54, 1.807) is 0 Å². The largest absolute Gasteiger partial charge is 0.393 e. The quantitative estimate of drug-likeness (QED) is 0.708. The zero-order chi connectivity index (χ0) is 12.8. The van der Waals surface area contributed by atoms with E-state index in [1.807, 2.05) is 13.0 Å². The first-order chi connectivity index (χ1) is 7.86. The molecule has 0 heterocycles. The van der Waals surface area contributed by atoms with Gasteiger partial charge in [0.1, 0.15) is 0 Å². The fourth-order valence-electron chi connectivity index (χ4n) is 3.32. The van der Waals surface area contributed by atoms with Crippen LogP contribution in [0.1, 0.15) is 40.0 Å². The normalized spacial score (nSPS) is 41.8. The van der Waals surface area contributed by atoms with Crippen molar-refractivity contribution in [3.05, 3.63) is 23.8 Å². The van der Waals surface area contributed by atoms with E-state index in [2.05, 4.69) is 20.4 Å². The molecule has 0 aliphatic heterocycles. The molecule has 2 nitrogen and oxygen atoms in total. The molecule has 2 heteroatoms. The van der Waals surface area contributed by atoms with E-state index >= 15 is 0 Å². The molecule has 0 aromatic heterocycles. The standard InChI is InChI=1S/C15H22O2/c1-9(2)12-8-15(4)10(3)13(16)6-5-11(15)7-14(12)17/h7,10,12-13,16H,1,5-6,8H2,2-4H3/t10-,12?,13+,15+/m0/s1. The van der Waals surface area contributed by atoms with Crippen LogP contribution in [-0.4, -0.2) is 17.0 Å². The highest BCUT2D eigenvalue weighted by Gasteiger charge is 2.47. The molecule has 2 rings (SSSR count). The third-order valence-corrected chi connectivity index (χ3v) is 4.91. The summed E-state index contributed by atoms with van der Waals surface area (Å²) in [7, 11) is 0. The third-order valence-electron chi connectivity index (χ3n) is 4.91.